The molecule has 3 rings (SSSR count). The number of rotatable bonds is 4. The maximum Gasteiger partial charge on any atom is 0.124 e. The predicted octanol–water partition coefficient (Wildman–Crippen LogP) is 2.19. The van der Waals surface area contributed by atoms with E-state index in [1.54, 1.807) is 19.5 Å². The fraction of sp³-hybridized carbons (Fsp3) is 0.125. The average molecular weight is 280 g/mol. The quantitative estimate of drug-likeness (QED) is 0.566. The molecule has 21 heavy (non-hydrogen) atoms. The fourth-order valence-corrected chi connectivity index (χ4v) is 2.43. The summed E-state index contributed by atoms with van der Waals surface area (Å²) in [7, 11) is 1.65. The molecule has 1 atom stereocenters. The number of para-hydroxylation sites is 1. The van der Waals surface area contributed by atoms with Crippen LogP contribution in [0.3, 0.4) is 0 Å². The number of hydrazine groups is 1. The summed E-state index contributed by atoms with van der Waals surface area (Å²) < 4.78 is 5.41. The van der Waals surface area contributed by atoms with Crippen molar-refractivity contribution in [2.24, 2.45) is 5.84 Å². The SMILES string of the molecule is COc1ccccc1C(NN)c1ccc2nccnc2c1. The van der Waals surface area contributed by atoms with Crippen LogP contribution in [0.4, 0.5) is 0 Å². The summed E-state index contributed by atoms with van der Waals surface area (Å²) in [5.41, 5.74) is 6.53. The summed E-state index contributed by atoms with van der Waals surface area (Å²) in [5.74, 6) is 6.55. The molecule has 1 heterocycles. The third kappa shape index (κ3) is 2.56. The van der Waals surface area contributed by atoms with Crippen LogP contribution in [-0.2, 0) is 0 Å². The van der Waals surface area contributed by atoms with E-state index in [1.165, 1.54) is 0 Å². The number of nitrogens with two attached hydrogens (primary N) is 1. The Bertz CT molecular complexity index is 760. The highest BCUT2D eigenvalue weighted by molar-refractivity contribution is 5.74. The number of fused-ring (bicyclic) bond motifs is 1. The zero-order chi connectivity index (χ0) is 14.7. The summed E-state index contributed by atoms with van der Waals surface area (Å²) in [6.07, 6.45) is 3.36. The van der Waals surface area contributed by atoms with Gasteiger partial charge in [0, 0.05) is 18.0 Å². The van der Waals surface area contributed by atoms with Gasteiger partial charge in [-0.15, -0.1) is 0 Å². The van der Waals surface area contributed by atoms with Crippen LogP contribution >= 0.6 is 0 Å². The molecule has 2 aromatic carbocycles. The van der Waals surface area contributed by atoms with Crippen molar-refractivity contribution < 1.29 is 4.74 Å². The Morgan fingerprint density at radius 3 is 2.57 bits per heavy atom. The minimum absolute atomic E-state index is 0.174. The average Bonchev–Trinajstić information content (AvgIpc) is 2.56. The Morgan fingerprint density at radius 1 is 1.05 bits per heavy atom. The highest BCUT2D eigenvalue weighted by Gasteiger charge is 2.17. The molecule has 0 radical (unpaired) electrons. The van der Waals surface area contributed by atoms with Crippen LogP contribution in [0.15, 0.2) is 54.9 Å². The van der Waals surface area contributed by atoms with Gasteiger partial charge in [-0.2, -0.15) is 0 Å². The Morgan fingerprint density at radius 2 is 1.81 bits per heavy atom. The molecule has 1 unspecified atom stereocenters. The highest BCUT2D eigenvalue weighted by Crippen LogP contribution is 2.30. The summed E-state index contributed by atoms with van der Waals surface area (Å²) in [4.78, 5) is 8.61. The standard InChI is InChI=1S/C16H16N4O/c1-21-15-5-3-2-4-12(15)16(20-17)11-6-7-13-14(10-11)19-9-8-18-13/h2-10,16,20H,17H2,1H3. The summed E-state index contributed by atoms with van der Waals surface area (Å²) in [6, 6.07) is 13.5. The van der Waals surface area contributed by atoms with Crippen LogP contribution in [0.2, 0.25) is 0 Å². The number of benzene rings is 2. The van der Waals surface area contributed by atoms with Crippen molar-refractivity contribution in [2.45, 2.75) is 6.04 Å². The number of hydrogen-bond donors (Lipinski definition) is 2. The monoisotopic (exact) mass is 280 g/mol. The molecule has 0 saturated heterocycles. The lowest BCUT2D eigenvalue weighted by Crippen LogP contribution is -2.29. The van der Waals surface area contributed by atoms with Gasteiger partial charge in [0.1, 0.15) is 5.75 Å². The number of nitrogens with one attached hydrogen (secondary N) is 1. The molecule has 0 amide bonds. The first kappa shape index (κ1) is 13.5. The summed E-state index contributed by atoms with van der Waals surface area (Å²) >= 11 is 0. The molecule has 0 fully saturated rings. The van der Waals surface area contributed by atoms with Gasteiger partial charge in [-0.05, 0) is 23.8 Å². The molecule has 0 spiro atoms. The lowest BCUT2D eigenvalue weighted by atomic mass is 9.98. The number of methoxy groups -OCH3 is 1. The number of ether oxygens (including phenoxy) is 1. The molecule has 0 aliphatic heterocycles. The van der Waals surface area contributed by atoms with Crippen LogP contribution < -0.4 is 16.0 Å². The van der Waals surface area contributed by atoms with Crippen LogP contribution in [0.5, 0.6) is 5.75 Å². The normalized spacial score (nSPS) is 12.3. The molecule has 3 N–H and O–H groups in total. The van der Waals surface area contributed by atoms with E-state index in [-0.39, 0.29) is 6.04 Å². The molecule has 106 valence electrons. The van der Waals surface area contributed by atoms with Crippen molar-refractivity contribution in [2.75, 3.05) is 7.11 Å². The van der Waals surface area contributed by atoms with E-state index in [0.29, 0.717) is 0 Å². The number of aromatic nitrogens is 2. The second-order valence-corrected chi connectivity index (χ2v) is 4.65. The van der Waals surface area contributed by atoms with E-state index < -0.39 is 0 Å². The minimum atomic E-state index is -0.174. The van der Waals surface area contributed by atoms with Crippen molar-refractivity contribution in [3.63, 3.8) is 0 Å². The van der Waals surface area contributed by atoms with Gasteiger partial charge in [0.25, 0.3) is 0 Å². The summed E-state index contributed by atoms with van der Waals surface area (Å²) in [6.45, 7) is 0. The fourth-order valence-electron chi connectivity index (χ4n) is 2.43. The minimum Gasteiger partial charge on any atom is -0.496 e. The first-order chi connectivity index (χ1) is 10.3. The van der Waals surface area contributed by atoms with E-state index in [2.05, 4.69) is 15.4 Å². The third-order valence-corrected chi connectivity index (χ3v) is 3.44. The lowest BCUT2D eigenvalue weighted by molar-refractivity contribution is 0.404. The van der Waals surface area contributed by atoms with Crippen molar-refractivity contribution in [1.82, 2.24) is 15.4 Å². The van der Waals surface area contributed by atoms with Crippen molar-refractivity contribution in [3.05, 3.63) is 66.0 Å². The molecule has 3 aromatic rings. The van der Waals surface area contributed by atoms with Gasteiger partial charge < -0.3 is 4.74 Å². The molecule has 0 aliphatic carbocycles. The van der Waals surface area contributed by atoms with Crippen LogP contribution in [0, 0.1) is 0 Å². The Balaban J connectivity index is 2.09. The molecule has 1 aromatic heterocycles. The second-order valence-electron chi connectivity index (χ2n) is 4.65. The van der Waals surface area contributed by atoms with Gasteiger partial charge in [-0.25, -0.2) is 5.43 Å². The Hall–Kier alpha value is -2.50. The van der Waals surface area contributed by atoms with E-state index >= 15 is 0 Å². The van der Waals surface area contributed by atoms with E-state index in [0.717, 1.165) is 27.9 Å². The zero-order valence-corrected chi connectivity index (χ0v) is 11.7. The molecular formula is C16H16N4O. The maximum absolute atomic E-state index is 5.76. The molecule has 0 bridgehead atoms. The molecule has 0 aliphatic rings. The number of nitrogens with zero attached hydrogens (tertiary/aromatic N) is 2. The van der Waals surface area contributed by atoms with E-state index in [4.69, 9.17) is 10.6 Å². The topological polar surface area (TPSA) is 73.1 Å². The maximum atomic E-state index is 5.76. The van der Waals surface area contributed by atoms with Crippen LogP contribution in [0.1, 0.15) is 17.2 Å². The van der Waals surface area contributed by atoms with Gasteiger partial charge in [-0.1, -0.05) is 24.3 Å². The van der Waals surface area contributed by atoms with Gasteiger partial charge in [0.05, 0.1) is 24.2 Å². The third-order valence-electron chi connectivity index (χ3n) is 3.44. The van der Waals surface area contributed by atoms with Gasteiger partial charge in [0.15, 0.2) is 0 Å². The highest BCUT2D eigenvalue weighted by atomic mass is 16.5. The van der Waals surface area contributed by atoms with Crippen LogP contribution in [-0.4, -0.2) is 17.1 Å². The first-order valence-corrected chi connectivity index (χ1v) is 6.63. The smallest absolute Gasteiger partial charge is 0.124 e. The van der Waals surface area contributed by atoms with E-state index in [9.17, 15) is 0 Å². The lowest BCUT2D eigenvalue weighted by Gasteiger charge is -2.19. The van der Waals surface area contributed by atoms with Crippen molar-refractivity contribution >= 4 is 11.0 Å². The number of hydrogen-bond acceptors (Lipinski definition) is 5. The Labute approximate surface area is 122 Å². The van der Waals surface area contributed by atoms with E-state index in [1.807, 2.05) is 42.5 Å². The van der Waals surface area contributed by atoms with Crippen molar-refractivity contribution in [1.29, 1.82) is 0 Å². The van der Waals surface area contributed by atoms with Gasteiger partial charge in [-0.3, -0.25) is 15.8 Å². The van der Waals surface area contributed by atoms with Gasteiger partial charge in [0.2, 0.25) is 0 Å². The van der Waals surface area contributed by atoms with Crippen molar-refractivity contribution in [3.8, 4) is 5.75 Å². The molecule has 0 saturated carbocycles. The summed E-state index contributed by atoms with van der Waals surface area (Å²) in [5, 5.41) is 0. The van der Waals surface area contributed by atoms with Gasteiger partial charge >= 0.3 is 0 Å². The zero-order valence-electron chi connectivity index (χ0n) is 11.7. The first-order valence-electron chi connectivity index (χ1n) is 6.63. The van der Waals surface area contributed by atoms with Crippen LogP contribution in [0.25, 0.3) is 11.0 Å². The predicted molar refractivity (Wildman–Crippen MR) is 81.7 cm³/mol. The molecular weight excluding hydrogens is 264 g/mol. The second kappa shape index (κ2) is 5.87. The largest absolute Gasteiger partial charge is 0.496 e. The Kier molecular flexibility index (Phi) is 3.77. The molecule has 5 heteroatoms. The molecule has 5 nitrogen and oxygen atoms in total.